The predicted molar refractivity (Wildman–Crippen MR) is 82.7 cm³/mol. The van der Waals surface area contributed by atoms with E-state index in [0.717, 1.165) is 17.8 Å². The first-order valence-electron chi connectivity index (χ1n) is 6.76. The second-order valence-electron chi connectivity index (χ2n) is 4.89. The molecule has 0 unspecified atom stereocenters. The fourth-order valence-corrected chi connectivity index (χ4v) is 1.92. The number of aryl methyl sites for hydroxylation is 1. The van der Waals surface area contributed by atoms with Crippen LogP contribution in [0.4, 0.5) is 5.69 Å². The molecular formula is C17H20N2O. The summed E-state index contributed by atoms with van der Waals surface area (Å²) in [4.78, 5) is 11.3. The van der Waals surface area contributed by atoms with E-state index in [9.17, 15) is 4.79 Å². The smallest absolute Gasteiger partial charge is 0.224 e. The molecule has 3 heteroatoms. The number of likely N-dealkylation sites (N-methyl/N-ethyl adjacent to an activating group) is 1. The first-order valence-corrected chi connectivity index (χ1v) is 6.76. The Morgan fingerprint density at radius 1 is 0.950 bits per heavy atom. The zero-order valence-electron chi connectivity index (χ0n) is 11.9. The Morgan fingerprint density at radius 3 is 2.15 bits per heavy atom. The average Bonchev–Trinajstić information content (AvgIpc) is 2.48. The lowest BCUT2D eigenvalue weighted by Gasteiger charge is -2.08. The summed E-state index contributed by atoms with van der Waals surface area (Å²) in [7, 11) is 1.65. The van der Waals surface area contributed by atoms with Crippen molar-refractivity contribution >= 4 is 11.6 Å². The van der Waals surface area contributed by atoms with Crippen molar-refractivity contribution in [2.45, 2.75) is 19.9 Å². The highest BCUT2D eigenvalue weighted by atomic mass is 16.1. The monoisotopic (exact) mass is 268 g/mol. The zero-order chi connectivity index (χ0) is 14.4. The van der Waals surface area contributed by atoms with E-state index in [1.807, 2.05) is 24.3 Å². The van der Waals surface area contributed by atoms with Crippen molar-refractivity contribution in [1.82, 2.24) is 5.32 Å². The van der Waals surface area contributed by atoms with E-state index in [1.54, 1.807) is 7.05 Å². The molecule has 0 saturated heterocycles. The second-order valence-corrected chi connectivity index (χ2v) is 4.89. The minimum Gasteiger partial charge on any atom is -0.381 e. The van der Waals surface area contributed by atoms with Gasteiger partial charge in [-0.15, -0.1) is 0 Å². The Balaban J connectivity index is 1.90. The summed E-state index contributed by atoms with van der Waals surface area (Å²) in [5.74, 6) is 0.0327. The maximum absolute atomic E-state index is 11.3. The van der Waals surface area contributed by atoms with E-state index < -0.39 is 0 Å². The molecule has 2 aromatic rings. The number of anilines is 1. The van der Waals surface area contributed by atoms with Crippen molar-refractivity contribution in [2.75, 3.05) is 12.4 Å². The molecule has 0 aliphatic heterocycles. The molecule has 3 nitrogen and oxygen atoms in total. The van der Waals surface area contributed by atoms with Gasteiger partial charge in [-0.05, 0) is 30.2 Å². The Morgan fingerprint density at radius 2 is 1.55 bits per heavy atom. The quantitative estimate of drug-likeness (QED) is 0.875. The molecular weight excluding hydrogens is 248 g/mol. The molecule has 0 saturated carbocycles. The standard InChI is InChI=1S/C17H20N2O/c1-13-3-5-15(6-4-13)12-19-16-9-7-14(8-10-16)11-17(20)18-2/h3-10,19H,11-12H2,1-2H3,(H,18,20). The number of nitrogens with one attached hydrogen (secondary N) is 2. The number of carbonyl (C=O) groups is 1. The zero-order valence-corrected chi connectivity index (χ0v) is 11.9. The third-order valence-corrected chi connectivity index (χ3v) is 3.21. The molecule has 0 aliphatic rings. The van der Waals surface area contributed by atoms with E-state index in [1.165, 1.54) is 11.1 Å². The topological polar surface area (TPSA) is 41.1 Å². The highest BCUT2D eigenvalue weighted by molar-refractivity contribution is 5.78. The van der Waals surface area contributed by atoms with Gasteiger partial charge in [0.25, 0.3) is 0 Å². The van der Waals surface area contributed by atoms with Crippen molar-refractivity contribution in [3.8, 4) is 0 Å². The molecule has 0 bridgehead atoms. The lowest BCUT2D eigenvalue weighted by Crippen LogP contribution is -2.19. The Hall–Kier alpha value is -2.29. The minimum absolute atomic E-state index is 0.0327. The minimum atomic E-state index is 0.0327. The van der Waals surface area contributed by atoms with Crippen LogP contribution >= 0.6 is 0 Å². The van der Waals surface area contributed by atoms with Crippen molar-refractivity contribution in [3.05, 3.63) is 65.2 Å². The Kier molecular flexibility index (Phi) is 4.77. The molecule has 2 aromatic carbocycles. The van der Waals surface area contributed by atoms with Gasteiger partial charge in [0.05, 0.1) is 6.42 Å². The molecule has 2 rings (SSSR count). The molecule has 0 fully saturated rings. The number of benzene rings is 2. The van der Waals surface area contributed by atoms with Crippen LogP contribution in [0.15, 0.2) is 48.5 Å². The van der Waals surface area contributed by atoms with Gasteiger partial charge in [0.2, 0.25) is 5.91 Å². The van der Waals surface area contributed by atoms with Gasteiger partial charge in [-0.1, -0.05) is 42.0 Å². The van der Waals surface area contributed by atoms with E-state index in [4.69, 9.17) is 0 Å². The van der Waals surface area contributed by atoms with E-state index in [0.29, 0.717) is 6.42 Å². The number of rotatable bonds is 5. The van der Waals surface area contributed by atoms with E-state index in [-0.39, 0.29) is 5.91 Å². The van der Waals surface area contributed by atoms with Crippen molar-refractivity contribution in [2.24, 2.45) is 0 Å². The number of hydrogen-bond donors (Lipinski definition) is 2. The normalized spacial score (nSPS) is 10.1. The van der Waals surface area contributed by atoms with Gasteiger partial charge < -0.3 is 10.6 Å². The van der Waals surface area contributed by atoms with Gasteiger partial charge >= 0.3 is 0 Å². The fourth-order valence-electron chi connectivity index (χ4n) is 1.92. The van der Waals surface area contributed by atoms with Crippen LogP contribution < -0.4 is 10.6 Å². The molecule has 104 valence electrons. The maximum Gasteiger partial charge on any atom is 0.224 e. The second kappa shape index (κ2) is 6.75. The fraction of sp³-hybridized carbons (Fsp3) is 0.235. The summed E-state index contributed by atoms with van der Waals surface area (Å²) in [5, 5.41) is 6.00. The van der Waals surface area contributed by atoms with Crippen LogP contribution in [-0.2, 0) is 17.8 Å². The molecule has 20 heavy (non-hydrogen) atoms. The summed E-state index contributed by atoms with van der Waals surface area (Å²) in [6.07, 6.45) is 0.425. The van der Waals surface area contributed by atoms with Crippen LogP contribution in [-0.4, -0.2) is 13.0 Å². The maximum atomic E-state index is 11.3. The Bertz CT molecular complexity index is 559. The molecule has 0 atom stereocenters. The Labute approximate surface area is 120 Å². The van der Waals surface area contributed by atoms with Gasteiger partial charge in [0, 0.05) is 19.3 Å². The highest BCUT2D eigenvalue weighted by Gasteiger charge is 2.00. The number of carbonyl (C=O) groups excluding carboxylic acids is 1. The lowest BCUT2D eigenvalue weighted by atomic mass is 10.1. The molecule has 0 radical (unpaired) electrons. The lowest BCUT2D eigenvalue weighted by molar-refractivity contribution is -0.119. The SMILES string of the molecule is CNC(=O)Cc1ccc(NCc2ccc(C)cc2)cc1. The van der Waals surface area contributed by atoms with Gasteiger partial charge in [-0.2, -0.15) is 0 Å². The van der Waals surface area contributed by atoms with Gasteiger partial charge in [-0.25, -0.2) is 0 Å². The van der Waals surface area contributed by atoms with Gasteiger partial charge in [0.15, 0.2) is 0 Å². The van der Waals surface area contributed by atoms with Crippen LogP contribution in [0.25, 0.3) is 0 Å². The molecule has 0 aliphatic carbocycles. The number of hydrogen-bond acceptors (Lipinski definition) is 2. The van der Waals surface area contributed by atoms with E-state index >= 15 is 0 Å². The van der Waals surface area contributed by atoms with Gasteiger partial charge in [0.1, 0.15) is 0 Å². The van der Waals surface area contributed by atoms with E-state index in [2.05, 4.69) is 41.8 Å². The largest absolute Gasteiger partial charge is 0.381 e. The van der Waals surface area contributed by atoms with Crippen LogP contribution in [0, 0.1) is 6.92 Å². The average molecular weight is 268 g/mol. The van der Waals surface area contributed by atoms with Crippen LogP contribution in [0.3, 0.4) is 0 Å². The van der Waals surface area contributed by atoms with Crippen LogP contribution in [0.1, 0.15) is 16.7 Å². The number of amides is 1. The van der Waals surface area contributed by atoms with Crippen LogP contribution in [0.2, 0.25) is 0 Å². The molecule has 0 spiro atoms. The first-order chi connectivity index (χ1) is 9.67. The third-order valence-electron chi connectivity index (χ3n) is 3.21. The highest BCUT2D eigenvalue weighted by Crippen LogP contribution is 2.12. The van der Waals surface area contributed by atoms with Crippen molar-refractivity contribution in [1.29, 1.82) is 0 Å². The summed E-state index contributed by atoms with van der Waals surface area (Å²) in [5.41, 5.74) is 4.61. The summed E-state index contributed by atoms with van der Waals surface area (Å²) in [6.45, 7) is 2.89. The molecule has 1 amide bonds. The van der Waals surface area contributed by atoms with Crippen molar-refractivity contribution in [3.63, 3.8) is 0 Å². The molecule has 0 aromatic heterocycles. The molecule has 0 heterocycles. The summed E-state index contributed by atoms with van der Waals surface area (Å²) in [6, 6.07) is 16.5. The van der Waals surface area contributed by atoms with Crippen LogP contribution in [0.5, 0.6) is 0 Å². The first kappa shape index (κ1) is 14.1. The third kappa shape index (κ3) is 4.12. The molecule has 2 N–H and O–H groups in total. The summed E-state index contributed by atoms with van der Waals surface area (Å²) >= 11 is 0. The summed E-state index contributed by atoms with van der Waals surface area (Å²) < 4.78 is 0. The van der Waals surface area contributed by atoms with Crippen molar-refractivity contribution < 1.29 is 4.79 Å². The predicted octanol–water partition coefficient (Wildman–Crippen LogP) is 2.90. The van der Waals surface area contributed by atoms with Gasteiger partial charge in [-0.3, -0.25) is 4.79 Å².